The number of amides is 1. The van der Waals surface area contributed by atoms with Crippen molar-refractivity contribution in [2.75, 3.05) is 26.7 Å². The van der Waals surface area contributed by atoms with Crippen LogP contribution >= 0.6 is 0 Å². The highest BCUT2D eigenvalue weighted by Gasteiger charge is 2.73. The zero-order valence-corrected chi connectivity index (χ0v) is 25.4. The summed E-state index contributed by atoms with van der Waals surface area (Å²) in [5.74, 6) is 7.28. The molecule has 7 rings (SSSR count). The molecule has 2 heterocycles. The largest absolute Gasteiger partial charge is 0.493 e. The molecule has 2 saturated carbocycles. The molecule has 0 aromatic heterocycles. The van der Waals surface area contributed by atoms with E-state index in [1.165, 1.54) is 30.5 Å². The molecule has 3 fully saturated rings. The van der Waals surface area contributed by atoms with E-state index in [9.17, 15) is 23.1 Å². The lowest BCUT2D eigenvalue weighted by Crippen LogP contribution is -2.78. The molecule has 2 bridgehead atoms. The van der Waals surface area contributed by atoms with Gasteiger partial charge in [0.25, 0.3) is 5.91 Å². The van der Waals surface area contributed by atoms with E-state index in [1.807, 2.05) is 19.9 Å². The number of nitrogens with zero attached hydrogens (tertiary/aromatic N) is 2. The van der Waals surface area contributed by atoms with E-state index in [1.54, 1.807) is 12.0 Å². The van der Waals surface area contributed by atoms with Crippen LogP contribution in [-0.4, -0.2) is 71.3 Å². The number of ether oxygens (including phenoxy) is 2. The number of halogens is 3. The van der Waals surface area contributed by atoms with E-state index in [2.05, 4.69) is 22.8 Å². The number of carbonyl (C=O) groups is 1. The molecule has 1 spiro atoms. The van der Waals surface area contributed by atoms with Crippen LogP contribution in [0.1, 0.15) is 68.2 Å². The van der Waals surface area contributed by atoms with Gasteiger partial charge in [0, 0.05) is 36.2 Å². The molecule has 1 saturated heterocycles. The SMILES string of the molecule is COc1ccc2c3c1O[C@H]1[C@H](N(CC(C)C)C(=O)C#Cc4ccc(C(F)(F)F)cc4)CC[C@@]4(O)[C@@H](C2)N(CC2CC2)CC[C@]314. The third kappa shape index (κ3) is 4.51. The van der Waals surface area contributed by atoms with E-state index in [-0.39, 0.29) is 18.0 Å². The van der Waals surface area contributed by atoms with Crippen LogP contribution in [-0.2, 0) is 22.8 Å². The predicted molar refractivity (Wildman–Crippen MR) is 158 cm³/mol. The standard InChI is InChI=1S/C35H39F3N2O4/c1-21(2)19-40(29(41)13-8-22-6-10-25(11-7-22)35(36,37)38)26-14-15-34(42)28-18-24-9-12-27(43-3)31-30(24)33(34,32(26)44-31)16-17-39(28)20-23-4-5-23/h6-7,9-12,21,23,26,28,32,42H,4-5,14-20H2,1-3H3/t26-,28-,32+,33+,34-/m1/s1. The molecule has 5 atom stereocenters. The molecule has 9 heteroatoms. The van der Waals surface area contributed by atoms with Crippen LogP contribution in [0.15, 0.2) is 36.4 Å². The molecule has 2 aromatic rings. The third-order valence-electron chi connectivity index (χ3n) is 10.7. The highest BCUT2D eigenvalue weighted by atomic mass is 19.4. The van der Waals surface area contributed by atoms with Crippen molar-refractivity contribution in [2.45, 2.75) is 87.8 Å². The molecule has 1 N–H and O–H groups in total. The number of aliphatic hydroxyl groups is 1. The zero-order chi connectivity index (χ0) is 31.0. The Balaban J connectivity index is 1.26. The van der Waals surface area contributed by atoms with Crippen molar-refractivity contribution >= 4 is 5.91 Å². The van der Waals surface area contributed by atoms with Crippen molar-refractivity contribution in [1.29, 1.82) is 0 Å². The first-order valence-corrected chi connectivity index (χ1v) is 15.8. The van der Waals surface area contributed by atoms with Gasteiger partial charge in [0.1, 0.15) is 6.10 Å². The van der Waals surface area contributed by atoms with Crippen LogP contribution in [0.2, 0.25) is 0 Å². The quantitative estimate of drug-likeness (QED) is 0.458. The minimum Gasteiger partial charge on any atom is -0.493 e. The second-order valence-corrected chi connectivity index (χ2v) is 13.8. The molecule has 234 valence electrons. The number of alkyl halides is 3. The first-order valence-electron chi connectivity index (χ1n) is 15.8. The zero-order valence-electron chi connectivity index (χ0n) is 25.4. The summed E-state index contributed by atoms with van der Waals surface area (Å²) in [5, 5.41) is 12.9. The minimum absolute atomic E-state index is 0.0237. The maximum atomic E-state index is 13.9. The number of hydrogen-bond acceptors (Lipinski definition) is 5. The van der Waals surface area contributed by atoms with Crippen LogP contribution in [0.3, 0.4) is 0 Å². The number of methoxy groups -OCH3 is 1. The van der Waals surface area contributed by atoms with Gasteiger partial charge in [-0.15, -0.1) is 0 Å². The second-order valence-electron chi connectivity index (χ2n) is 13.8. The summed E-state index contributed by atoms with van der Waals surface area (Å²) in [6.45, 7) is 6.39. The van der Waals surface area contributed by atoms with Crippen LogP contribution in [0, 0.1) is 23.7 Å². The van der Waals surface area contributed by atoms with Crippen LogP contribution in [0.25, 0.3) is 0 Å². The van der Waals surface area contributed by atoms with Gasteiger partial charge in [0.15, 0.2) is 11.5 Å². The lowest BCUT2D eigenvalue weighted by molar-refractivity contribution is -0.201. The summed E-state index contributed by atoms with van der Waals surface area (Å²) in [6.07, 6.45) is 0.152. The van der Waals surface area contributed by atoms with E-state index >= 15 is 0 Å². The summed E-state index contributed by atoms with van der Waals surface area (Å²) in [5.41, 5.74) is 0.113. The number of hydrogen-bond donors (Lipinski definition) is 1. The number of piperidine rings is 1. The molecular formula is C35H39F3N2O4. The Labute approximate surface area is 256 Å². The van der Waals surface area contributed by atoms with Gasteiger partial charge in [0.2, 0.25) is 0 Å². The number of benzene rings is 2. The molecule has 2 aliphatic heterocycles. The molecule has 0 radical (unpaired) electrons. The smallest absolute Gasteiger partial charge is 0.416 e. The average molecular weight is 609 g/mol. The minimum atomic E-state index is -4.44. The lowest BCUT2D eigenvalue weighted by Gasteiger charge is -2.64. The summed E-state index contributed by atoms with van der Waals surface area (Å²) in [6, 6.07) is 8.24. The fourth-order valence-electron chi connectivity index (χ4n) is 8.63. The van der Waals surface area contributed by atoms with Gasteiger partial charge in [-0.05, 0) is 92.8 Å². The molecule has 3 aliphatic carbocycles. The van der Waals surface area contributed by atoms with Crippen molar-refractivity contribution in [3.8, 4) is 23.3 Å². The van der Waals surface area contributed by atoms with Crippen LogP contribution < -0.4 is 9.47 Å². The Bertz CT molecular complexity index is 1530. The number of carbonyl (C=O) groups excluding carboxylic acids is 1. The van der Waals surface area contributed by atoms with E-state index < -0.39 is 34.8 Å². The Morgan fingerprint density at radius 1 is 1.16 bits per heavy atom. The molecule has 2 aromatic carbocycles. The summed E-state index contributed by atoms with van der Waals surface area (Å²) < 4.78 is 51.7. The first kappa shape index (κ1) is 29.5. The fourth-order valence-corrected chi connectivity index (χ4v) is 8.63. The van der Waals surface area contributed by atoms with Gasteiger partial charge in [-0.2, -0.15) is 13.2 Å². The van der Waals surface area contributed by atoms with Gasteiger partial charge in [-0.25, -0.2) is 0 Å². The predicted octanol–water partition coefficient (Wildman–Crippen LogP) is 5.18. The highest BCUT2D eigenvalue weighted by Crippen LogP contribution is 2.66. The van der Waals surface area contributed by atoms with Gasteiger partial charge in [-0.1, -0.05) is 25.8 Å². The molecule has 1 amide bonds. The van der Waals surface area contributed by atoms with E-state index in [4.69, 9.17) is 9.47 Å². The Kier molecular flexibility index (Phi) is 6.98. The van der Waals surface area contributed by atoms with Crippen molar-refractivity contribution in [1.82, 2.24) is 9.80 Å². The maximum absolute atomic E-state index is 13.9. The van der Waals surface area contributed by atoms with Gasteiger partial charge in [-0.3, -0.25) is 9.69 Å². The van der Waals surface area contributed by atoms with Gasteiger partial charge in [0.05, 0.1) is 29.7 Å². The molecular weight excluding hydrogens is 569 g/mol. The monoisotopic (exact) mass is 608 g/mol. The molecule has 5 aliphatic rings. The Morgan fingerprint density at radius 2 is 1.91 bits per heavy atom. The van der Waals surface area contributed by atoms with Crippen molar-refractivity contribution < 1.29 is 32.5 Å². The van der Waals surface area contributed by atoms with E-state index in [0.29, 0.717) is 42.4 Å². The average Bonchev–Trinajstić information content (AvgIpc) is 3.73. The van der Waals surface area contributed by atoms with Crippen LogP contribution in [0.5, 0.6) is 11.5 Å². The summed E-state index contributed by atoms with van der Waals surface area (Å²) >= 11 is 0. The second kappa shape index (κ2) is 10.4. The lowest BCUT2D eigenvalue weighted by atomic mass is 9.48. The number of likely N-dealkylation sites (tertiary alicyclic amines) is 1. The maximum Gasteiger partial charge on any atom is 0.416 e. The highest BCUT2D eigenvalue weighted by molar-refractivity contribution is 5.94. The third-order valence-corrected chi connectivity index (χ3v) is 10.7. The first-order chi connectivity index (χ1) is 21.0. The molecule has 44 heavy (non-hydrogen) atoms. The van der Waals surface area contributed by atoms with Gasteiger partial charge >= 0.3 is 6.18 Å². The van der Waals surface area contributed by atoms with Gasteiger partial charge < -0.3 is 19.5 Å². The molecule has 0 unspecified atom stereocenters. The van der Waals surface area contributed by atoms with Crippen molar-refractivity contribution in [2.24, 2.45) is 11.8 Å². The normalized spacial score (nSPS) is 30.2. The topological polar surface area (TPSA) is 62.2 Å². The summed E-state index contributed by atoms with van der Waals surface area (Å²) in [7, 11) is 1.63. The Hall–Kier alpha value is -3.22. The number of rotatable bonds is 6. The van der Waals surface area contributed by atoms with Crippen molar-refractivity contribution in [3.05, 3.63) is 58.7 Å². The van der Waals surface area contributed by atoms with Crippen LogP contribution in [0.4, 0.5) is 13.2 Å². The molecule has 6 nitrogen and oxygen atoms in total. The summed E-state index contributed by atoms with van der Waals surface area (Å²) in [4.78, 5) is 18.2. The van der Waals surface area contributed by atoms with Crippen molar-refractivity contribution in [3.63, 3.8) is 0 Å². The fraction of sp³-hybridized carbons (Fsp3) is 0.571. The van der Waals surface area contributed by atoms with E-state index in [0.717, 1.165) is 43.6 Å². The Morgan fingerprint density at radius 3 is 2.57 bits per heavy atom.